The van der Waals surface area contributed by atoms with E-state index < -0.39 is 17.8 Å². The van der Waals surface area contributed by atoms with Crippen LogP contribution in [0, 0.1) is 0 Å². The van der Waals surface area contributed by atoms with Crippen LogP contribution < -0.4 is 19.7 Å². The van der Waals surface area contributed by atoms with Gasteiger partial charge in [-0.2, -0.15) is 0 Å². The van der Waals surface area contributed by atoms with E-state index >= 15 is 0 Å². The maximum atomic E-state index is 13.2. The highest BCUT2D eigenvalue weighted by Gasteiger charge is 2.37. The molecule has 0 saturated carbocycles. The molecule has 0 spiro atoms. The highest BCUT2D eigenvalue weighted by atomic mass is 79.9. The first-order chi connectivity index (χ1) is 16.9. The number of amides is 4. The second-order valence-electron chi connectivity index (χ2n) is 7.73. The van der Waals surface area contributed by atoms with Crippen molar-refractivity contribution in [2.75, 3.05) is 12.0 Å². The predicted octanol–water partition coefficient (Wildman–Crippen LogP) is 5.27. The number of benzene rings is 3. The first kappa shape index (κ1) is 24.2. The molecule has 0 unspecified atom stereocenters. The molecule has 0 bridgehead atoms. The molecule has 35 heavy (non-hydrogen) atoms. The Bertz CT molecular complexity index is 1330. The molecule has 1 saturated heterocycles. The lowest BCUT2D eigenvalue weighted by molar-refractivity contribution is -0.122. The minimum absolute atomic E-state index is 0.153. The number of hydrogen-bond acceptors (Lipinski definition) is 5. The highest BCUT2D eigenvalue weighted by molar-refractivity contribution is 9.10. The number of barbiturate groups is 1. The molecule has 3 aromatic carbocycles. The van der Waals surface area contributed by atoms with Crippen molar-refractivity contribution in [3.05, 3.63) is 93.5 Å². The van der Waals surface area contributed by atoms with Gasteiger partial charge in [0.1, 0.15) is 12.2 Å². The number of nitrogens with zero attached hydrogens (tertiary/aromatic N) is 1. The third kappa shape index (κ3) is 5.12. The van der Waals surface area contributed by atoms with Gasteiger partial charge in [0.15, 0.2) is 11.5 Å². The first-order valence-corrected chi connectivity index (χ1v) is 11.8. The van der Waals surface area contributed by atoms with E-state index in [1.54, 1.807) is 30.3 Å². The summed E-state index contributed by atoms with van der Waals surface area (Å²) in [5, 5.41) is 2.26. The summed E-state index contributed by atoms with van der Waals surface area (Å²) in [6.45, 7) is 2.26. The van der Waals surface area contributed by atoms with Gasteiger partial charge in [0.25, 0.3) is 11.8 Å². The Morgan fingerprint density at radius 1 is 0.943 bits per heavy atom. The number of halogens is 1. The van der Waals surface area contributed by atoms with Crippen LogP contribution >= 0.6 is 15.9 Å². The molecule has 1 aliphatic heterocycles. The zero-order valence-corrected chi connectivity index (χ0v) is 20.8. The van der Waals surface area contributed by atoms with Crippen LogP contribution in [0.15, 0.2) is 76.8 Å². The Kier molecular flexibility index (Phi) is 7.31. The molecule has 8 heteroatoms. The molecule has 0 aromatic heterocycles. The molecule has 7 nitrogen and oxygen atoms in total. The van der Waals surface area contributed by atoms with E-state index in [-0.39, 0.29) is 5.57 Å². The van der Waals surface area contributed by atoms with E-state index in [0.29, 0.717) is 35.8 Å². The zero-order chi connectivity index (χ0) is 24.9. The summed E-state index contributed by atoms with van der Waals surface area (Å²) in [6, 6.07) is 19.2. The molecular formula is C27H23BrN2O5. The maximum absolute atomic E-state index is 13.2. The van der Waals surface area contributed by atoms with Gasteiger partial charge in [-0.1, -0.05) is 65.3 Å². The SMILES string of the molecule is CCc1ccccc1N1C(=O)NC(=O)/C(=C/c2ccc(OCc3ccccc3Br)c(OC)c2)C1=O. The van der Waals surface area contributed by atoms with Crippen LogP contribution in [0.1, 0.15) is 23.6 Å². The van der Waals surface area contributed by atoms with Gasteiger partial charge in [0.05, 0.1) is 12.8 Å². The Hall–Kier alpha value is -3.91. The van der Waals surface area contributed by atoms with Gasteiger partial charge in [0.2, 0.25) is 0 Å². The van der Waals surface area contributed by atoms with Crippen molar-refractivity contribution in [3.8, 4) is 11.5 Å². The Labute approximate surface area is 211 Å². The number of aryl methyl sites for hydroxylation is 1. The fourth-order valence-corrected chi connectivity index (χ4v) is 4.13. The van der Waals surface area contributed by atoms with E-state index in [0.717, 1.165) is 20.5 Å². The molecule has 1 aliphatic rings. The number of methoxy groups -OCH3 is 1. The monoisotopic (exact) mass is 534 g/mol. The van der Waals surface area contributed by atoms with Gasteiger partial charge in [-0.3, -0.25) is 14.9 Å². The summed E-state index contributed by atoms with van der Waals surface area (Å²) < 4.78 is 12.3. The summed E-state index contributed by atoms with van der Waals surface area (Å²) in [5.74, 6) is -0.482. The van der Waals surface area contributed by atoms with Gasteiger partial charge in [-0.25, -0.2) is 9.69 Å². The van der Waals surface area contributed by atoms with E-state index in [9.17, 15) is 14.4 Å². The quantitative estimate of drug-likeness (QED) is 0.330. The maximum Gasteiger partial charge on any atom is 0.335 e. The van der Waals surface area contributed by atoms with Gasteiger partial charge in [-0.05, 0) is 47.9 Å². The number of urea groups is 1. The standard InChI is InChI=1S/C27H23BrN2O5/c1-3-18-8-5-7-11-22(18)30-26(32)20(25(31)29-27(30)33)14-17-12-13-23(24(15-17)34-2)35-16-19-9-4-6-10-21(19)28/h4-15H,3,16H2,1-2H3,(H,29,31,33)/b20-14-. The third-order valence-corrected chi connectivity index (χ3v) is 6.33. The van der Waals surface area contributed by atoms with Crippen LogP contribution in [-0.2, 0) is 22.6 Å². The van der Waals surface area contributed by atoms with Crippen molar-refractivity contribution < 1.29 is 23.9 Å². The van der Waals surface area contributed by atoms with Crippen LogP contribution in [0.4, 0.5) is 10.5 Å². The number of ether oxygens (including phenoxy) is 2. The van der Waals surface area contributed by atoms with Crippen LogP contribution in [0.5, 0.6) is 11.5 Å². The molecule has 1 N–H and O–H groups in total. The van der Waals surface area contributed by atoms with Crippen LogP contribution in [0.25, 0.3) is 6.08 Å². The van der Waals surface area contributed by atoms with E-state index in [2.05, 4.69) is 21.2 Å². The number of carbonyl (C=O) groups is 3. The number of imide groups is 2. The Morgan fingerprint density at radius 2 is 1.66 bits per heavy atom. The Morgan fingerprint density at radius 3 is 2.37 bits per heavy atom. The normalized spacial score (nSPS) is 14.8. The summed E-state index contributed by atoms with van der Waals surface area (Å²) in [6.07, 6.45) is 2.06. The molecule has 1 heterocycles. The largest absolute Gasteiger partial charge is 0.493 e. The second kappa shape index (κ2) is 10.6. The number of nitrogens with one attached hydrogen (secondary N) is 1. The molecule has 4 amide bonds. The fourth-order valence-electron chi connectivity index (χ4n) is 3.74. The molecular weight excluding hydrogens is 512 g/mol. The van der Waals surface area contributed by atoms with Crippen molar-refractivity contribution in [1.82, 2.24) is 5.32 Å². The summed E-state index contributed by atoms with van der Waals surface area (Å²) in [7, 11) is 1.51. The first-order valence-electron chi connectivity index (χ1n) is 11.0. The van der Waals surface area contributed by atoms with Crippen LogP contribution in [0.2, 0.25) is 0 Å². The average Bonchev–Trinajstić information content (AvgIpc) is 2.86. The molecule has 0 atom stereocenters. The molecule has 0 aliphatic carbocycles. The summed E-state index contributed by atoms with van der Waals surface area (Å²) >= 11 is 3.50. The number of hydrogen-bond donors (Lipinski definition) is 1. The lowest BCUT2D eigenvalue weighted by atomic mass is 10.0. The molecule has 4 rings (SSSR count). The lowest BCUT2D eigenvalue weighted by Crippen LogP contribution is -2.54. The number of anilines is 1. The predicted molar refractivity (Wildman–Crippen MR) is 136 cm³/mol. The molecule has 3 aromatic rings. The zero-order valence-electron chi connectivity index (χ0n) is 19.2. The van der Waals surface area contributed by atoms with Crippen molar-refractivity contribution in [3.63, 3.8) is 0 Å². The van der Waals surface area contributed by atoms with Crippen molar-refractivity contribution in [2.45, 2.75) is 20.0 Å². The third-order valence-electron chi connectivity index (χ3n) is 5.55. The van der Waals surface area contributed by atoms with Gasteiger partial charge < -0.3 is 9.47 Å². The summed E-state index contributed by atoms with van der Waals surface area (Å²) in [4.78, 5) is 39.3. The second-order valence-corrected chi connectivity index (χ2v) is 8.58. The lowest BCUT2D eigenvalue weighted by Gasteiger charge is -2.28. The molecule has 1 fully saturated rings. The minimum atomic E-state index is -0.772. The molecule has 0 radical (unpaired) electrons. The van der Waals surface area contributed by atoms with Crippen LogP contribution in [-0.4, -0.2) is 25.0 Å². The highest BCUT2D eigenvalue weighted by Crippen LogP contribution is 2.31. The van der Waals surface area contributed by atoms with Gasteiger partial charge >= 0.3 is 6.03 Å². The molecule has 178 valence electrons. The van der Waals surface area contributed by atoms with E-state index in [4.69, 9.17) is 9.47 Å². The van der Waals surface area contributed by atoms with E-state index in [1.165, 1.54) is 13.2 Å². The summed E-state index contributed by atoms with van der Waals surface area (Å²) in [5.41, 5.74) is 2.63. The number of para-hydroxylation sites is 1. The fraction of sp³-hybridized carbons (Fsp3) is 0.148. The topological polar surface area (TPSA) is 84.9 Å². The average molecular weight is 535 g/mol. The van der Waals surface area contributed by atoms with Gasteiger partial charge in [-0.15, -0.1) is 0 Å². The number of rotatable bonds is 7. The Balaban J connectivity index is 1.62. The van der Waals surface area contributed by atoms with Crippen molar-refractivity contribution in [2.24, 2.45) is 0 Å². The van der Waals surface area contributed by atoms with E-state index in [1.807, 2.05) is 43.3 Å². The number of carbonyl (C=O) groups excluding carboxylic acids is 3. The van der Waals surface area contributed by atoms with Crippen molar-refractivity contribution in [1.29, 1.82) is 0 Å². The van der Waals surface area contributed by atoms with Gasteiger partial charge in [0, 0.05) is 10.0 Å². The van der Waals surface area contributed by atoms with Crippen LogP contribution in [0.3, 0.4) is 0 Å². The van der Waals surface area contributed by atoms with Crippen molar-refractivity contribution >= 4 is 45.5 Å². The minimum Gasteiger partial charge on any atom is -0.493 e. The smallest absolute Gasteiger partial charge is 0.335 e.